The first-order chi connectivity index (χ1) is 18.3. The Labute approximate surface area is 242 Å². The largest absolute Gasteiger partial charge is 0.344 e. The highest BCUT2D eigenvalue weighted by Crippen LogP contribution is 2.62. The van der Waals surface area contributed by atoms with Crippen molar-refractivity contribution in [3.63, 3.8) is 0 Å². The van der Waals surface area contributed by atoms with Gasteiger partial charge in [0.1, 0.15) is 4.91 Å². The average molecular weight is 685 g/mol. The zero-order valence-electron chi connectivity index (χ0n) is 21.3. The molecule has 0 aliphatic carbocycles. The van der Waals surface area contributed by atoms with Gasteiger partial charge in [0.15, 0.2) is 0 Å². The second-order valence-electron chi connectivity index (χ2n) is 9.67. The number of allylic oxidation sites excluding steroid dienone is 6. The smallest absolute Gasteiger partial charge is 0.264 e. The maximum absolute atomic E-state index is 12.8. The molecule has 0 atom stereocenters. The van der Waals surface area contributed by atoms with Crippen LogP contribution in [0.15, 0.2) is 82.3 Å². The van der Waals surface area contributed by atoms with Crippen molar-refractivity contribution < 1.29 is 31.7 Å². The molecule has 0 radical (unpaired) electrons. The number of Topliss-reactive ketones (excluding diaryl/α,β-unsaturated/α-hetero) is 1. The first-order valence-electron chi connectivity index (χ1n) is 12.0. The number of fused-ring (bicyclic) bond motifs is 2. The zero-order chi connectivity index (χ0) is 28.6. The Morgan fingerprint density at radius 3 is 2.49 bits per heavy atom. The fourth-order valence-electron chi connectivity index (χ4n) is 4.84. The summed E-state index contributed by atoms with van der Waals surface area (Å²) >= 11 is 1.99. The molecule has 208 valence electrons. The van der Waals surface area contributed by atoms with E-state index >= 15 is 0 Å². The van der Waals surface area contributed by atoms with Crippen molar-refractivity contribution in [2.75, 3.05) is 26.9 Å². The number of carbonyl (C=O) groups is 2. The van der Waals surface area contributed by atoms with Crippen molar-refractivity contribution in [2.45, 2.75) is 30.6 Å². The van der Waals surface area contributed by atoms with Gasteiger partial charge < -0.3 is 10.2 Å². The summed E-state index contributed by atoms with van der Waals surface area (Å²) in [6.45, 7) is 4.32. The van der Waals surface area contributed by atoms with Gasteiger partial charge in [-0.3, -0.25) is 23.2 Å². The fraction of sp³-hybridized carbons (Fsp3) is 0.259. The Hall–Kier alpha value is -2.49. The lowest BCUT2D eigenvalue weighted by atomic mass is 9.83. The second kappa shape index (κ2) is 11.2. The lowest BCUT2D eigenvalue weighted by molar-refractivity contribution is -0.113. The quantitative estimate of drug-likeness (QED) is 0.119. The number of ketones is 1. The molecule has 0 bridgehead atoms. The molecule has 12 heteroatoms. The monoisotopic (exact) mass is 684 g/mol. The summed E-state index contributed by atoms with van der Waals surface area (Å²) in [7, 11) is -7.53. The minimum Gasteiger partial charge on any atom is -0.344 e. The van der Waals surface area contributed by atoms with Crippen LogP contribution in [0.1, 0.15) is 36.2 Å². The molecule has 0 saturated carbocycles. The van der Waals surface area contributed by atoms with E-state index in [1.54, 1.807) is 36.4 Å². The number of halogens is 1. The molecule has 1 amide bonds. The lowest BCUT2D eigenvalue weighted by Crippen LogP contribution is -2.28. The number of amides is 1. The van der Waals surface area contributed by atoms with Crippen LogP contribution in [0.4, 0.5) is 11.4 Å². The predicted octanol–water partition coefficient (Wildman–Crippen LogP) is 5.77. The third kappa shape index (κ3) is 6.00. The van der Waals surface area contributed by atoms with E-state index in [1.807, 2.05) is 59.5 Å². The van der Waals surface area contributed by atoms with Crippen LogP contribution in [-0.4, -0.2) is 50.5 Å². The van der Waals surface area contributed by atoms with Crippen LogP contribution >= 0.6 is 33.2 Å². The molecule has 2 heterocycles. The van der Waals surface area contributed by atoms with Crippen LogP contribution in [0.25, 0.3) is 0 Å². The Balaban J connectivity index is 1.67. The Bertz CT molecular complexity index is 1530. The molecule has 39 heavy (non-hydrogen) atoms. The summed E-state index contributed by atoms with van der Waals surface area (Å²) in [5.74, 6) is -0.944. The van der Waals surface area contributed by atoms with Crippen LogP contribution in [0.5, 0.6) is 0 Å². The van der Waals surface area contributed by atoms with Crippen molar-refractivity contribution in [3.05, 3.63) is 88.5 Å². The number of alkyl halides is 1. The van der Waals surface area contributed by atoms with Crippen LogP contribution < -0.4 is 10.2 Å². The molecule has 2 aliphatic heterocycles. The Morgan fingerprint density at radius 2 is 1.82 bits per heavy atom. The number of anilines is 2. The molecule has 9 nitrogen and oxygen atoms in total. The molecule has 2 aromatic carbocycles. The summed E-state index contributed by atoms with van der Waals surface area (Å²) in [6, 6.07) is 12.0. The number of nitrogens with zero attached hydrogens (tertiary/aromatic N) is 1. The van der Waals surface area contributed by atoms with E-state index in [0.29, 0.717) is 16.7 Å². The van der Waals surface area contributed by atoms with Gasteiger partial charge in [0, 0.05) is 34.6 Å². The number of nitrogens with one attached hydrogen (secondary N) is 1. The molecule has 0 spiro atoms. The van der Waals surface area contributed by atoms with Crippen LogP contribution in [0, 0.1) is 0 Å². The van der Waals surface area contributed by atoms with Gasteiger partial charge in [-0.15, -0.1) is 10.6 Å². The predicted molar refractivity (Wildman–Crippen MR) is 163 cm³/mol. The van der Waals surface area contributed by atoms with E-state index < -0.39 is 37.7 Å². The van der Waals surface area contributed by atoms with Gasteiger partial charge >= 0.3 is 0 Å². The van der Waals surface area contributed by atoms with Crippen molar-refractivity contribution in [2.24, 2.45) is 0 Å². The van der Waals surface area contributed by atoms with Crippen LogP contribution in [0.2, 0.25) is 0 Å². The maximum Gasteiger partial charge on any atom is 0.264 e. The van der Waals surface area contributed by atoms with E-state index in [-0.39, 0.29) is 27.7 Å². The summed E-state index contributed by atoms with van der Waals surface area (Å²) in [6.07, 6.45) is 6.68. The van der Waals surface area contributed by atoms with Crippen molar-refractivity contribution in [1.82, 2.24) is 0 Å². The summed E-state index contributed by atoms with van der Waals surface area (Å²) in [5, 5.41) is 2.86. The van der Waals surface area contributed by atoms with Gasteiger partial charge in [0.25, 0.3) is 10.1 Å². The minimum absolute atomic E-state index is 0.0760. The molecule has 0 unspecified atom stereocenters. The topological polar surface area (TPSA) is 144 Å². The minimum atomic E-state index is -4.12. The fourth-order valence-corrected chi connectivity index (χ4v) is 7.13. The van der Waals surface area contributed by atoms with Gasteiger partial charge in [0.2, 0.25) is 11.7 Å². The van der Waals surface area contributed by atoms with Gasteiger partial charge in [-0.25, -0.2) is 0 Å². The van der Waals surface area contributed by atoms with Crippen molar-refractivity contribution >= 4 is 66.4 Å². The van der Waals surface area contributed by atoms with Gasteiger partial charge in [-0.1, -0.05) is 60.7 Å². The molecule has 2 aliphatic rings. The molecular weight excluding hydrogens is 655 g/mol. The third-order valence-electron chi connectivity index (χ3n) is 6.66. The zero-order valence-corrected chi connectivity index (χ0v) is 25.1. The molecule has 2 aromatic rings. The van der Waals surface area contributed by atoms with E-state index in [0.717, 1.165) is 16.9 Å². The highest BCUT2D eigenvalue weighted by Gasteiger charge is 2.40. The number of hydrogen-bond donors (Lipinski definition) is 4. The highest BCUT2D eigenvalue weighted by molar-refractivity contribution is 14.1. The lowest BCUT2D eigenvalue weighted by Gasteiger charge is -2.28. The average Bonchev–Trinajstić information content (AvgIpc) is 3.19. The van der Waals surface area contributed by atoms with Gasteiger partial charge in [-0.05, 0) is 54.5 Å². The normalized spacial score (nSPS) is 20.5. The number of hydrogen-bond acceptors (Lipinski definition) is 7. The second-order valence-corrected chi connectivity index (χ2v) is 14.0. The first-order valence-corrected chi connectivity index (χ1v) is 16.7. The molecule has 0 fully saturated rings. The van der Waals surface area contributed by atoms with E-state index in [2.05, 4.69) is 5.32 Å². The van der Waals surface area contributed by atoms with Gasteiger partial charge in [0.05, 0.1) is 15.1 Å². The van der Waals surface area contributed by atoms with Crippen LogP contribution in [-0.2, 0) is 20.3 Å². The number of benzene rings is 2. The van der Waals surface area contributed by atoms with Crippen LogP contribution in [0.3, 0.4) is 0 Å². The van der Waals surface area contributed by atoms with Crippen molar-refractivity contribution in [3.8, 4) is 0 Å². The molecule has 0 aromatic heterocycles. The maximum atomic E-state index is 12.8. The molecule has 4 rings (SSSR count). The van der Waals surface area contributed by atoms with E-state index in [4.69, 9.17) is 0 Å². The number of rotatable bonds is 8. The number of carbonyl (C=O) groups excluding carboxylic acids is 2. The first kappa shape index (κ1) is 29.5. The summed E-state index contributed by atoms with van der Waals surface area (Å²) < 4.78 is 53.6. The van der Waals surface area contributed by atoms with Crippen molar-refractivity contribution in [1.29, 1.82) is 0 Å². The Morgan fingerprint density at radius 1 is 1.13 bits per heavy atom. The molecule has 0 saturated heterocycles. The third-order valence-corrected chi connectivity index (χ3v) is 10.1. The Kier molecular flexibility index (Phi) is 8.45. The summed E-state index contributed by atoms with van der Waals surface area (Å²) in [4.78, 5) is 26.8. The summed E-state index contributed by atoms with van der Waals surface area (Å²) in [5.41, 5.74) is 2.97. The highest BCUT2D eigenvalue weighted by atomic mass is 127. The standard InChI is InChI=1S/C27H29IN2O7S2/c1-27(2)20-16-18(29-25(31)17-28)12-13-21(20)30(14-7-15-38(33,34)35)24(27)11-6-5-10-23-26(32)19-8-3-4-9-22(19)39(23,36)37/h3-6,8-13,16,36-37H,7,14-15,17H2,1-2H3,(H,29,31)(H,33,34,35)/b6-5+,23-10-,24-11-. The van der Waals surface area contributed by atoms with E-state index in [9.17, 15) is 31.7 Å². The molecular formula is C27H29IN2O7S2. The SMILES string of the molecule is CC1(C)/C(=C/C=C/C=C2/C(=O)c3ccccc3S2(O)O)N(CCCS(=O)(=O)O)c2ccc(NC(=O)CI)cc21. The molecule has 4 N–H and O–H groups in total. The van der Waals surface area contributed by atoms with E-state index in [1.165, 1.54) is 12.1 Å². The van der Waals surface area contributed by atoms with Gasteiger partial charge in [-0.2, -0.15) is 8.42 Å².